The van der Waals surface area contributed by atoms with Crippen molar-refractivity contribution in [1.29, 1.82) is 0 Å². The zero-order valence-electron chi connectivity index (χ0n) is 16.0. The van der Waals surface area contributed by atoms with Gasteiger partial charge in [0.05, 0.1) is 21.8 Å². The van der Waals surface area contributed by atoms with E-state index in [0.717, 1.165) is 47.8 Å². The second-order valence-corrected chi connectivity index (χ2v) is 9.03. The third kappa shape index (κ3) is 3.87. The van der Waals surface area contributed by atoms with Crippen LogP contribution in [0.25, 0.3) is 10.6 Å². The maximum atomic E-state index is 12.6. The van der Waals surface area contributed by atoms with Gasteiger partial charge in [-0.2, -0.15) is 0 Å². The minimum Gasteiger partial charge on any atom is -0.310 e. The number of thiophene rings is 1. The number of nitrogens with zero attached hydrogens (tertiary/aromatic N) is 3. The van der Waals surface area contributed by atoms with Gasteiger partial charge in [-0.25, -0.2) is 4.98 Å². The Hall–Kier alpha value is -2.31. The lowest BCUT2D eigenvalue weighted by Crippen LogP contribution is -2.37. The second kappa shape index (κ2) is 7.02. The summed E-state index contributed by atoms with van der Waals surface area (Å²) in [5.74, 6) is 0.771. The van der Waals surface area contributed by atoms with Crippen LogP contribution in [0.4, 0.5) is 0 Å². The Bertz CT molecular complexity index is 985. The van der Waals surface area contributed by atoms with Gasteiger partial charge in [-0.15, -0.1) is 11.3 Å². The summed E-state index contributed by atoms with van der Waals surface area (Å²) in [4.78, 5) is 28.3. The van der Waals surface area contributed by atoms with E-state index in [2.05, 4.69) is 59.2 Å². The van der Waals surface area contributed by atoms with Crippen LogP contribution in [-0.4, -0.2) is 26.4 Å². The van der Waals surface area contributed by atoms with Crippen LogP contribution in [0.2, 0.25) is 0 Å². The number of H-pyrrole nitrogens is 1. The normalized spacial score (nSPS) is 14.9. The van der Waals surface area contributed by atoms with Crippen LogP contribution in [-0.2, 0) is 24.9 Å². The Morgan fingerprint density at radius 2 is 2.11 bits per heavy atom. The summed E-state index contributed by atoms with van der Waals surface area (Å²) < 4.78 is 0. The van der Waals surface area contributed by atoms with E-state index in [1.165, 1.54) is 4.88 Å². The molecule has 0 fully saturated rings. The summed E-state index contributed by atoms with van der Waals surface area (Å²) >= 11 is 1.70. The predicted octanol–water partition coefficient (Wildman–Crippen LogP) is 3.75. The Labute approximate surface area is 163 Å². The number of hydrogen-bond donors (Lipinski definition) is 1. The molecule has 0 radical (unpaired) electrons. The molecule has 140 valence electrons. The van der Waals surface area contributed by atoms with Crippen LogP contribution in [0.1, 0.15) is 43.4 Å². The Morgan fingerprint density at radius 1 is 1.26 bits per heavy atom. The van der Waals surface area contributed by atoms with Crippen molar-refractivity contribution in [3.05, 3.63) is 68.8 Å². The van der Waals surface area contributed by atoms with Crippen LogP contribution in [0.3, 0.4) is 0 Å². The number of aromatic amines is 1. The molecule has 1 N–H and O–H groups in total. The van der Waals surface area contributed by atoms with Gasteiger partial charge in [-0.05, 0) is 23.1 Å². The van der Waals surface area contributed by atoms with Crippen molar-refractivity contribution < 1.29 is 0 Å². The highest BCUT2D eigenvalue weighted by molar-refractivity contribution is 7.13. The molecule has 5 nitrogen and oxygen atoms in total. The van der Waals surface area contributed by atoms with E-state index in [1.807, 2.05) is 12.3 Å². The summed E-state index contributed by atoms with van der Waals surface area (Å²) in [5, 5.41) is 2.06. The number of aromatic nitrogens is 3. The molecule has 3 aromatic heterocycles. The maximum absolute atomic E-state index is 12.6. The first-order valence-corrected chi connectivity index (χ1v) is 10.1. The van der Waals surface area contributed by atoms with E-state index >= 15 is 0 Å². The average Bonchev–Trinajstić information content (AvgIpc) is 3.16. The summed E-state index contributed by atoms with van der Waals surface area (Å²) in [5.41, 5.74) is 3.77. The van der Waals surface area contributed by atoms with Crippen LogP contribution in [0.15, 0.2) is 40.6 Å². The highest BCUT2D eigenvalue weighted by Crippen LogP contribution is 2.24. The molecular formula is C21H24N4OS. The van der Waals surface area contributed by atoms with E-state index < -0.39 is 0 Å². The summed E-state index contributed by atoms with van der Waals surface area (Å²) in [6, 6.07) is 8.32. The molecule has 0 saturated heterocycles. The Morgan fingerprint density at radius 3 is 2.78 bits per heavy atom. The fraction of sp³-hybridized carbons (Fsp3) is 0.381. The van der Waals surface area contributed by atoms with Gasteiger partial charge >= 0.3 is 0 Å². The predicted molar refractivity (Wildman–Crippen MR) is 109 cm³/mol. The number of nitrogens with one attached hydrogen (secondary N) is 1. The summed E-state index contributed by atoms with van der Waals surface area (Å²) in [6.07, 6.45) is 2.75. The van der Waals surface area contributed by atoms with Crippen LogP contribution in [0, 0.1) is 0 Å². The lowest BCUT2D eigenvalue weighted by Gasteiger charge is -2.28. The van der Waals surface area contributed by atoms with Crippen molar-refractivity contribution >= 4 is 11.3 Å². The largest absolute Gasteiger partial charge is 0.310 e. The van der Waals surface area contributed by atoms with Crippen molar-refractivity contribution in [3.8, 4) is 10.6 Å². The van der Waals surface area contributed by atoms with Gasteiger partial charge in [0.25, 0.3) is 5.56 Å². The summed E-state index contributed by atoms with van der Waals surface area (Å²) in [6.45, 7) is 8.53. The monoisotopic (exact) mass is 380 g/mol. The van der Waals surface area contributed by atoms with Gasteiger partial charge in [0.2, 0.25) is 0 Å². The molecule has 0 atom stereocenters. The highest BCUT2D eigenvalue weighted by Gasteiger charge is 2.24. The molecule has 0 bridgehead atoms. The SMILES string of the molecule is CC(C)(C)c1nc2c(c(=O)[nH]1)CN(Cc1ccc(-c3cccs3)nc1)CC2. The standard InChI is InChI=1S/C21H24N4OS/c1-21(2,3)20-23-16-8-9-25(13-15(16)19(26)24-20)12-14-6-7-17(22-11-14)18-5-4-10-27-18/h4-7,10-11H,8-9,12-13H2,1-3H3,(H,23,24,26). The first kappa shape index (κ1) is 18.1. The zero-order chi connectivity index (χ0) is 19.0. The fourth-order valence-electron chi connectivity index (χ4n) is 3.32. The molecule has 0 aromatic carbocycles. The molecule has 4 heterocycles. The van der Waals surface area contributed by atoms with Crippen molar-refractivity contribution in [2.45, 2.75) is 45.7 Å². The maximum Gasteiger partial charge on any atom is 0.255 e. The molecule has 3 aromatic rings. The molecule has 1 aliphatic heterocycles. The molecule has 0 aliphatic carbocycles. The number of fused-ring (bicyclic) bond motifs is 1. The van der Waals surface area contributed by atoms with Crippen molar-refractivity contribution in [2.75, 3.05) is 6.54 Å². The second-order valence-electron chi connectivity index (χ2n) is 8.08. The van der Waals surface area contributed by atoms with Crippen LogP contribution in [0.5, 0.6) is 0 Å². The van der Waals surface area contributed by atoms with Crippen LogP contribution < -0.4 is 5.56 Å². The van der Waals surface area contributed by atoms with E-state index in [9.17, 15) is 4.79 Å². The minimum absolute atomic E-state index is 0.000735. The van der Waals surface area contributed by atoms with Gasteiger partial charge in [0.1, 0.15) is 5.82 Å². The third-order valence-electron chi connectivity index (χ3n) is 4.86. The lowest BCUT2D eigenvalue weighted by molar-refractivity contribution is 0.240. The van der Waals surface area contributed by atoms with E-state index in [-0.39, 0.29) is 11.0 Å². The Kier molecular flexibility index (Phi) is 4.70. The number of hydrogen-bond acceptors (Lipinski definition) is 5. The van der Waals surface area contributed by atoms with Gasteiger partial charge in [0, 0.05) is 37.7 Å². The fourth-order valence-corrected chi connectivity index (χ4v) is 4.02. The Balaban J connectivity index is 1.49. The number of pyridine rings is 1. The molecule has 27 heavy (non-hydrogen) atoms. The zero-order valence-corrected chi connectivity index (χ0v) is 16.8. The molecule has 4 rings (SSSR count). The van der Waals surface area contributed by atoms with Crippen molar-refractivity contribution in [1.82, 2.24) is 19.9 Å². The molecule has 1 aliphatic rings. The van der Waals surface area contributed by atoms with Gasteiger partial charge < -0.3 is 4.98 Å². The van der Waals surface area contributed by atoms with Crippen molar-refractivity contribution in [2.24, 2.45) is 0 Å². The molecule has 0 spiro atoms. The first-order valence-electron chi connectivity index (χ1n) is 9.24. The van der Waals surface area contributed by atoms with Gasteiger partial charge in [0.15, 0.2) is 0 Å². The molecular weight excluding hydrogens is 356 g/mol. The van der Waals surface area contributed by atoms with Gasteiger partial charge in [-0.3, -0.25) is 14.7 Å². The highest BCUT2D eigenvalue weighted by atomic mass is 32.1. The molecule has 6 heteroatoms. The molecule has 0 unspecified atom stereocenters. The van der Waals surface area contributed by atoms with E-state index in [4.69, 9.17) is 4.98 Å². The molecule has 0 saturated carbocycles. The van der Waals surface area contributed by atoms with E-state index in [0.29, 0.717) is 6.54 Å². The summed E-state index contributed by atoms with van der Waals surface area (Å²) in [7, 11) is 0. The average molecular weight is 381 g/mol. The smallest absolute Gasteiger partial charge is 0.255 e. The van der Waals surface area contributed by atoms with E-state index in [1.54, 1.807) is 11.3 Å². The first-order chi connectivity index (χ1) is 12.9. The minimum atomic E-state index is -0.151. The molecule has 0 amide bonds. The number of rotatable bonds is 3. The topological polar surface area (TPSA) is 61.9 Å². The van der Waals surface area contributed by atoms with Crippen molar-refractivity contribution in [3.63, 3.8) is 0 Å². The third-order valence-corrected chi connectivity index (χ3v) is 5.76. The van der Waals surface area contributed by atoms with Crippen LogP contribution >= 0.6 is 11.3 Å². The quantitative estimate of drug-likeness (QED) is 0.752. The lowest BCUT2D eigenvalue weighted by atomic mass is 9.95. The van der Waals surface area contributed by atoms with Gasteiger partial charge in [-0.1, -0.05) is 32.9 Å².